The minimum Gasteiger partial charge on any atom is -0.379 e. The molecule has 1 aromatic rings. The molecule has 1 aliphatic rings. The van der Waals surface area contributed by atoms with Gasteiger partial charge in [-0.3, -0.25) is 4.90 Å². The average Bonchev–Trinajstić information content (AvgIpc) is 2.46. The van der Waals surface area contributed by atoms with Gasteiger partial charge in [-0.25, -0.2) is 5.21 Å². The normalized spacial score (nSPS) is 16.3. The highest BCUT2D eigenvalue weighted by Crippen LogP contribution is 2.17. The minimum atomic E-state index is -0.127. The molecule has 0 amide bonds. The van der Waals surface area contributed by atoms with E-state index in [1.165, 1.54) is 0 Å². The monoisotopic (exact) mass is 266 g/mol. The van der Waals surface area contributed by atoms with Gasteiger partial charge >= 0.3 is 5.69 Å². The number of morpholine rings is 1. The highest BCUT2D eigenvalue weighted by atomic mass is 16.6. The van der Waals surface area contributed by atoms with Crippen molar-refractivity contribution >= 4 is 11.4 Å². The van der Waals surface area contributed by atoms with E-state index in [1.807, 2.05) is 19.2 Å². The molecule has 0 radical (unpaired) electrons. The second kappa shape index (κ2) is 6.49. The molecule has 0 bridgehead atoms. The first-order valence-corrected chi connectivity index (χ1v) is 6.44. The van der Waals surface area contributed by atoms with Gasteiger partial charge in [0.25, 0.3) is 4.92 Å². The van der Waals surface area contributed by atoms with E-state index >= 15 is 0 Å². The third-order valence-corrected chi connectivity index (χ3v) is 3.37. The van der Waals surface area contributed by atoms with Crippen LogP contribution in [-0.4, -0.2) is 61.5 Å². The molecule has 0 aliphatic carbocycles. The Morgan fingerprint density at radius 2 is 1.95 bits per heavy atom. The summed E-state index contributed by atoms with van der Waals surface area (Å²) in [4.78, 5) is 15.1. The molecular formula is C13H20N3O3+. The molecule has 0 atom stereocenters. The maximum Gasteiger partial charge on any atom is 0.316 e. The van der Waals surface area contributed by atoms with Crippen molar-refractivity contribution in [3.05, 3.63) is 29.2 Å². The lowest BCUT2D eigenvalue weighted by atomic mass is 10.2. The quantitative estimate of drug-likeness (QED) is 0.813. The topological polar surface area (TPSA) is 56.0 Å². The van der Waals surface area contributed by atoms with Crippen LogP contribution in [-0.2, 0) is 4.74 Å². The van der Waals surface area contributed by atoms with Gasteiger partial charge in [0, 0.05) is 51.0 Å². The summed E-state index contributed by atoms with van der Waals surface area (Å²) in [5.41, 5.74) is 1.27. The van der Waals surface area contributed by atoms with Crippen LogP contribution in [0.3, 0.4) is 0 Å². The zero-order valence-corrected chi connectivity index (χ0v) is 11.2. The number of hydrogen-bond donors (Lipinski definition) is 1. The molecule has 1 fully saturated rings. The highest BCUT2D eigenvalue weighted by Gasteiger charge is 2.13. The predicted octanol–water partition coefficient (Wildman–Crippen LogP) is 1.25. The molecule has 104 valence electrons. The van der Waals surface area contributed by atoms with Crippen LogP contribution in [0.1, 0.15) is 0 Å². The SMILES string of the molecule is CN(CCN1CCOCC1)c1ccc([N+](=O)O)cc1. The molecule has 6 nitrogen and oxygen atoms in total. The van der Waals surface area contributed by atoms with Gasteiger partial charge in [-0.2, -0.15) is 0 Å². The molecule has 0 aromatic heterocycles. The van der Waals surface area contributed by atoms with E-state index in [4.69, 9.17) is 9.94 Å². The van der Waals surface area contributed by atoms with Crippen LogP contribution in [0, 0.1) is 4.91 Å². The summed E-state index contributed by atoms with van der Waals surface area (Å²) < 4.78 is 5.31. The lowest BCUT2D eigenvalue weighted by molar-refractivity contribution is -0.729. The second-order valence-corrected chi connectivity index (χ2v) is 4.66. The van der Waals surface area contributed by atoms with Crippen LogP contribution in [0.2, 0.25) is 0 Å². The van der Waals surface area contributed by atoms with E-state index in [0.29, 0.717) is 0 Å². The first-order chi connectivity index (χ1) is 9.16. The Balaban J connectivity index is 1.84. The molecule has 1 aliphatic heterocycles. The van der Waals surface area contributed by atoms with Gasteiger partial charge < -0.3 is 9.64 Å². The highest BCUT2D eigenvalue weighted by molar-refractivity contribution is 5.50. The maximum atomic E-state index is 10.7. The molecule has 0 saturated carbocycles. The van der Waals surface area contributed by atoms with Crippen LogP contribution in [0.25, 0.3) is 0 Å². The zero-order valence-electron chi connectivity index (χ0n) is 11.2. The van der Waals surface area contributed by atoms with Gasteiger partial charge in [0.05, 0.1) is 18.1 Å². The summed E-state index contributed by atoms with van der Waals surface area (Å²) in [6, 6.07) is 6.87. The van der Waals surface area contributed by atoms with Gasteiger partial charge in [-0.1, -0.05) is 0 Å². The summed E-state index contributed by atoms with van der Waals surface area (Å²) in [5, 5.41) is 8.77. The number of benzene rings is 1. The van der Waals surface area contributed by atoms with E-state index < -0.39 is 0 Å². The summed E-state index contributed by atoms with van der Waals surface area (Å²) in [5.74, 6) is 0. The standard InChI is InChI=1S/C13H20N3O3/c1-14(6-7-15-8-10-19-11-9-15)12-2-4-13(5-3-12)16(17)18/h2-5H,6-11H2,1H3,(H,17,18)/q+1. The zero-order chi connectivity index (χ0) is 13.7. The van der Waals surface area contributed by atoms with Crippen LogP contribution in [0.4, 0.5) is 11.4 Å². The minimum absolute atomic E-state index is 0.127. The predicted molar refractivity (Wildman–Crippen MR) is 72.0 cm³/mol. The summed E-state index contributed by atoms with van der Waals surface area (Å²) >= 11 is 0. The third kappa shape index (κ3) is 3.90. The average molecular weight is 266 g/mol. The van der Waals surface area contributed by atoms with Gasteiger partial charge in [-0.05, 0) is 12.1 Å². The van der Waals surface area contributed by atoms with E-state index in [9.17, 15) is 4.91 Å². The van der Waals surface area contributed by atoms with Crippen molar-refractivity contribution in [2.45, 2.75) is 0 Å². The van der Waals surface area contributed by atoms with Crippen LogP contribution < -0.4 is 4.90 Å². The molecule has 1 aromatic carbocycles. The Morgan fingerprint density at radius 1 is 1.32 bits per heavy atom. The fourth-order valence-corrected chi connectivity index (χ4v) is 2.08. The molecular weight excluding hydrogens is 246 g/mol. The van der Waals surface area contributed by atoms with Gasteiger partial charge in [0.15, 0.2) is 0 Å². The molecule has 1 saturated heterocycles. The van der Waals surface area contributed by atoms with E-state index in [-0.39, 0.29) is 10.6 Å². The number of hydrogen-bond acceptors (Lipinski definition) is 4. The number of ether oxygens (including phenoxy) is 1. The third-order valence-electron chi connectivity index (χ3n) is 3.37. The van der Waals surface area contributed by atoms with Crippen molar-refractivity contribution in [1.82, 2.24) is 4.90 Å². The van der Waals surface area contributed by atoms with Crippen LogP contribution >= 0.6 is 0 Å². The van der Waals surface area contributed by atoms with Crippen molar-refractivity contribution < 1.29 is 14.9 Å². The van der Waals surface area contributed by atoms with Crippen LogP contribution in [0.15, 0.2) is 24.3 Å². The lowest BCUT2D eigenvalue weighted by Gasteiger charge is -2.29. The summed E-state index contributed by atoms with van der Waals surface area (Å²) in [6.07, 6.45) is 0. The first kappa shape index (κ1) is 13.8. The number of rotatable bonds is 5. The fraction of sp³-hybridized carbons (Fsp3) is 0.538. The number of likely N-dealkylation sites (N-methyl/N-ethyl adjacent to an activating group) is 1. The van der Waals surface area contributed by atoms with Gasteiger partial charge in [0.1, 0.15) is 0 Å². The molecule has 0 unspecified atom stereocenters. The number of nitrogens with zero attached hydrogens (tertiary/aromatic N) is 3. The first-order valence-electron chi connectivity index (χ1n) is 6.44. The molecule has 1 N–H and O–H groups in total. The van der Waals surface area contributed by atoms with Crippen molar-refractivity contribution in [2.24, 2.45) is 0 Å². The summed E-state index contributed by atoms with van der Waals surface area (Å²) in [6.45, 7) is 5.52. The summed E-state index contributed by atoms with van der Waals surface area (Å²) in [7, 11) is 2.02. The Bertz CT molecular complexity index is 416. The van der Waals surface area contributed by atoms with Crippen molar-refractivity contribution in [3.63, 3.8) is 0 Å². The fourth-order valence-electron chi connectivity index (χ4n) is 2.08. The Kier molecular flexibility index (Phi) is 4.70. The molecule has 1 heterocycles. The van der Waals surface area contributed by atoms with E-state index in [2.05, 4.69) is 9.80 Å². The van der Waals surface area contributed by atoms with Crippen molar-refractivity contribution in [1.29, 1.82) is 0 Å². The molecule has 0 spiro atoms. The largest absolute Gasteiger partial charge is 0.379 e. The Labute approximate surface area is 112 Å². The Morgan fingerprint density at radius 3 is 2.53 bits per heavy atom. The molecule has 6 heteroatoms. The van der Waals surface area contributed by atoms with E-state index in [1.54, 1.807) is 12.1 Å². The lowest BCUT2D eigenvalue weighted by Crippen LogP contribution is -2.40. The van der Waals surface area contributed by atoms with Gasteiger partial charge in [0.2, 0.25) is 0 Å². The second-order valence-electron chi connectivity index (χ2n) is 4.66. The smallest absolute Gasteiger partial charge is 0.316 e. The number of anilines is 1. The Hall–Kier alpha value is -1.66. The maximum absolute atomic E-state index is 10.7. The van der Waals surface area contributed by atoms with Gasteiger partial charge in [-0.15, -0.1) is 0 Å². The van der Waals surface area contributed by atoms with Crippen LogP contribution in [0.5, 0.6) is 0 Å². The van der Waals surface area contributed by atoms with Crippen molar-refractivity contribution in [2.75, 3.05) is 51.3 Å². The molecule has 19 heavy (non-hydrogen) atoms. The van der Waals surface area contributed by atoms with Crippen molar-refractivity contribution in [3.8, 4) is 0 Å². The van der Waals surface area contributed by atoms with E-state index in [0.717, 1.165) is 45.1 Å². The molecule has 2 rings (SSSR count).